The predicted molar refractivity (Wildman–Crippen MR) is 97.0 cm³/mol. The number of likely N-dealkylation sites (N-methyl/N-ethyl adjacent to an activating group) is 1. The van der Waals surface area contributed by atoms with Crippen LogP contribution >= 0.6 is 11.6 Å². The Labute approximate surface area is 156 Å². The van der Waals surface area contributed by atoms with E-state index in [1.54, 1.807) is 16.6 Å². The number of carbonyl (C=O) groups is 2. The normalized spacial score (nSPS) is 21.2. The van der Waals surface area contributed by atoms with E-state index >= 15 is 0 Å². The minimum atomic E-state index is -0.381. The Kier molecular flexibility index (Phi) is 4.42. The van der Waals surface area contributed by atoms with Crippen LogP contribution in [0.5, 0.6) is 0 Å². The Morgan fingerprint density at radius 2 is 2.04 bits per heavy atom. The monoisotopic (exact) mass is 373 g/mol. The van der Waals surface area contributed by atoms with Crippen LogP contribution in [0.15, 0.2) is 36.7 Å². The van der Waals surface area contributed by atoms with Crippen molar-refractivity contribution in [2.75, 3.05) is 33.2 Å². The van der Waals surface area contributed by atoms with Crippen LogP contribution in [0.2, 0.25) is 5.02 Å². The Morgan fingerprint density at radius 1 is 1.23 bits per heavy atom. The molecule has 0 bridgehead atoms. The summed E-state index contributed by atoms with van der Waals surface area (Å²) >= 11 is 6.23. The average Bonchev–Trinajstić information content (AvgIpc) is 3.08. The molecule has 1 aromatic carbocycles. The zero-order valence-electron chi connectivity index (χ0n) is 14.5. The topological polar surface area (TPSA) is 61.7 Å². The summed E-state index contributed by atoms with van der Waals surface area (Å²) in [6.07, 6.45) is 3.77. The molecule has 2 aromatic rings. The molecule has 4 rings (SSSR count). The third-order valence-corrected chi connectivity index (χ3v) is 5.28. The van der Waals surface area contributed by atoms with E-state index in [0.717, 1.165) is 17.8 Å². The molecular weight excluding hydrogens is 354 g/mol. The minimum absolute atomic E-state index is 0.0149. The Hall–Kier alpha value is -2.38. The second kappa shape index (κ2) is 6.74. The first kappa shape index (κ1) is 17.1. The summed E-state index contributed by atoms with van der Waals surface area (Å²) in [4.78, 5) is 30.0. The van der Waals surface area contributed by atoms with E-state index in [2.05, 4.69) is 10.00 Å². The van der Waals surface area contributed by atoms with Crippen LogP contribution < -0.4 is 0 Å². The van der Waals surface area contributed by atoms with E-state index < -0.39 is 0 Å². The highest BCUT2D eigenvalue weighted by Gasteiger charge is 2.41. The Bertz CT molecular complexity index is 852. The third kappa shape index (κ3) is 3.08. The molecule has 26 heavy (non-hydrogen) atoms. The van der Waals surface area contributed by atoms with Gasteiger partial charge in [-0.25, -0.2) is 4.68 Å². The molecule has 2 aliphatic rings. The molecule has 0 N–H and O–H groups in total. The third-order valence-electron chi connectivity index (χ3n) is 4.96. The first-order valence-electron chi connectivity index (χ1n) is 8.58. The van der Waals surface area contributed by atoms with Crippen molar-refractivity contribution in [1.82, 2.24) is 24.5 Å². The summed E-state index contributed by atoms with van der Waals surface area (Å²) in [5.41, 5.74) is 1.88. The number of halogens is 1. The van der Waals surface area contributed by atoms with Gasteiger partial charge < -0.3 is 9.80 Å². The second-order valence-electron chi connectivity index (χ2n) is 6.78. The summed E-state index contributed by atoms with van der Waals surface area (Å²) in [5.74, 6) is 0.0457. The number of rotatable bonds is 3. The second-order valence-corrected chi connectivity index (χ2v) is 7.18. The highest BCUT2D eigenvalue weighted by atomic mass is 35.5. The summed E-state index contributed by atoms with van der Waals surface area (Å²) in [5, 5.41) is 5.04. The fourth-order valence-corrected chi connectivity index (χ4v) is 3.81. The maximum absolute atomic E-state index is 12.4. The van der Waals surface area contributed by atoms with Gasteiger partial charge in [0.05, 0.1) is 23.5 Å². The van der Waals surface area contributed by atoms with Crippen LogP contribution in [0.25, 0.3) is 5.69 Å². The van der Waals surface area contributed by atoms with Crippen LogP contribution in [0.4, 0.5) is 0 Å². The van der Waals surface area contributed by atoms with Gasteiger partial charge in [0.1, 0.15) is 6.04 Å². The van der Waals surface area contributed by atoms with Crippen molar-refractivity contribution in [2.24, 2.45) is 0 Å². The largest absolute Gasteiger partial charge is 0.335 e. The van der Waals surface area contributed by atoms with Crippen LogP contribution in [0, 0.1) is 0 Å². The Balaban J connectivity index is 1.47. The van der Waals surface area contributed by atoms with Crippen molar-refractivity contribution in [1.29, 1.82) is 0 Å². The number of piperazine rings is 2. The zero-order chi connectivity index (χ0) is 18.3. The molecule has 7 nitrogen and oxygen atoms in total. The van der Waals surface area contributed by atoms with Crippen molar-refractivity contribution in [3.05, 3.63) is 47.2 Å². The van der Waals surface area contributed by atoms with Crippen molar-refractivity contribution in [2.45, 2.75) is 12.6 Å². The standard InChI is InChI=1S/C18H20ClN5O2/c1-21-12-17(25)23-7-6-22(11-16(23)18(21)26)9-13-8-20-24(10-13)15-5-3-2-4-14(15)19/h2-5,8,10,16H,6-7,9,11-12H2,1H3/t16-/m1/s1. The van der Waals surface area contributed by atoms with E-state index in [9.17, 15) is 9.59 Å². The molecule has 0 radical (unpaired) electrons. The molecule has 0 saturated carbocycles. The SMILES string of the molecule is CN1CC(=O)N2CCN(Cc3cnn(-c4ccccc4Cl)c3)C[C@@H]2C1=O. The number of fused-ring (bicyclic) bond motifs is 1. The molecule has 1 atom stereocenters. The fourth-order valence-electron chi connectivity index (χ4n) is 3.59. The lowest BCUT2D eigenvalue weighted by Gasteiger charge is -2.45. The van der Waals surface area contributed by atoms with Crippen LogP contribution in [0.3, 0.4) is 0 Å². The van der Waals surface area contributed by atoms with Crippen LogP contribution in [-0.4, -0.2) is 75.6 Å². The lowest BCUT2D eigenvalue weighted by atomic mass is 10.1. The van der Waals surface area contributed by atoms with Crippen molar-refractivity contribution >= 4 is 23.4 Å². The van der Waals surface area contributed by atoms with Gasteiger partial charge in [0.15, 0.2) is 0 Å². The summed E-state index contributed by atoms with van der Waals surface area (Å²) in [6.45, 7) is 2.74. The van der Waals surface area contributed by atoms with Gasteiger partial charge >= 0.3 is 0 Å². The average molecular weight is 374 g/mol. The molecule has 3 heterocycles. The van der Waals surface area contributed by atoms with Crippen molar-refractivity contribution in [3.8, 4) is 5.69 Å². The number of hydrogen-bond donors (Lipinski definition) is 0. The predicted octanol–water partition coefficient (Wildman–Crippen LogP) is 1.01. The maximum atomic E-state index is 12.4. The van der Waals surface area contributed by atoms with Gasteiger partial charge in [-0.1, -0.05) is 23.7 Å². The Morgan fingerprint density at radius 3 is 2.85 bits per heavy atom. The summed E-state index contributed by atoms with van der Waals surface area (Å²) < 4.78 is 1.76. The van der Waals surface area contributed by atoms with E-state index in [4.69, 9.17) is 11.6 Å². The van der Waals surface area contributed by atoms with Crippen molar-refractivity contribution < 1.29 is 9.59 Å². The molecule has 0 unspecified atom stereocenters. The number of benzene rings is 1. The minimum Gasteiger partial charge on any atom is -0.335 e. The lowest BCUT2D eigenvalue weighted by Crippen LogP contribution is -2.65. The smallest absolute Gasteiger partial charge is 0.246 e. The summed E-state index contributed by atoms with van der Waals surface area (Å²) in [6, 6.07) is 7.17. The molecule has 2 fully saturated rings. The molecule has 1 aromatic heterocycles. The zero-order valence-corrected chi connectivity index (χ0v) is 15.3. The van der Waals surface area contributed by atoms with Gasteiger partial charge in [-0.15, -0.1) is 0 Å². The first-order valence-corrected chi connectivity index (χ1v) is 8.96. The molecule has 8 heteroatoms. The van der Waals surface area contributed by atoms with Gasteiger partial charge in [0, 0.05) is 45.0 Å². The number of amides is 2. The number of para-hydroxylation sites is 1. The molecule has 2 saturated heterocycles. The van der Waals surface area contributed by atoms with E-state index in [-0.39, 0.29) is 24.4 Å². The number of aromatic nitrogens is 2. The van der Waals surface area contributed by atoms with Gasteiger partial charge in [0.25, 0.3) is 0 Å². The van der Waals surface area contributed by atoms with Gasteiger partial charge in [-0.3, -0.25) is 14.5 Å². The number of nitrogens with zero attached hydrogens (tertiary/aromatic N) is 5. The molecule has 2 amide bonds. The number of hydrogen-bond acceptors (Lipinski definition) is 4. The molecule has 0 spiro atoms. The lowest BCUT2D eigenvalue weighted by molar-refractivity contribution is -0.158. The van der Waals surface area contributed by atoms with Crippen LogP contribution in [-0.2, 0) is 16.1 Å². The van der Waals surface area contributed by atoms with Gasteiger partial charge in [0.2, 0.25) is 11.8 Å². The highest BCUT2D eigenvalue weighted by Crippen LogP contribution is 2.21. The van der Waals surface area contributed by atoms with Gasteiger partial charge in [-0.05, 0) is 12.1 Å². The molecule has 0 aliphatic carbocycles. The van der Waals surface area contributed by atoms with E-state index in [1.165, 1.54) is 4.90 Å². The van der Waals surface area contributed by atoms with E-state index in [0.29, 0.717) is 24.7 Å². The van der Waals surface area contributed by atoms with E-state index in [1.807, 2.05) is 36.7 Å². The summed E-state index contributed by atoms with van der Waals surface area (Å²) in [7, 11) is 1.68. The van der Waals surface area contributed by atoms with Crippen molar-refractivity contribution in [3.63, 3.8) is 0 Å². The molecule has 2 aliphatic heterocycles. The quantitative estimate of drug-likeness (QED) is 0.805. The first-order chi connectivity index (χ1) is 12.5. The highest BCUT2D eigenvalue weighted by molar-refractivity contribution is 6.32. The van der Waals surface area contributed by atoms with Gasteiger partial charge in [-0.2, -0.15) is 5.10 Å². The fraction of sp³-hybridized carbons (Fsp3) is 0.389. The molecular formula is C18H20ClN5O2. The molecule has 136 valence electrons. The maximum Gasteiger partial charge on any atom is 0.246 e. The van der Waals surface area contributed by atoms with Crippen LogP contribution in [0.1, 0.15) is 5.56 Å². The number of carbonyl (C=O) groups excluding carboxylic acids is 2.